The van der Waals surface area contributed by atoms with E-state index in [9.17, 15) is 43.5 Å². The van der Waals surface area contributed by atoms with Gasteiger partial charge in [-0.25, -0.2) is 9.13 Å². The van der Waals surface area contributed by atoms with Gasteiger partial charge in [-0.05, 0) is 167 Å². The molecule has 18 heteroatoms. The monoisotopic (exact) mass is 1640 g/mol. The summed E-state index contributed by atoms with van der Waals surface area (Å²) in [5.74, 6) is -1.61. The van der Waals surface area contributed by atoms with Crippen molar-refractivity contribution >= 4 is 33.6 Å². The van der Waals surface area contributed by atoms with Crippen LogP contribution in [0, 0.1) is 0 Å². The van der Waals surface area contributed by atoms with Gasteiger partial charge < -0.3 is 34.2 Å². The molecule has 0 rings (SSSR count). The van der Waals surface area contributed by atoms with Crippen LogP contribution in [0.25, 0.3) is 0 Å². The Morgan fingerprint density at radius 3 is 0.687 bits per heavy atom. The highest BCUT2D eigenvalue weighted by molar-refractivity contribution is 7.47. The molecule has 5 unspecified atom stereocenters. The SMILES string of the molecule is CC/C=C\C/C=C\C/C=C\C/C=C\C/C=C\C/C=C\CCCCCCCCCCCCC(=O)OCC(O)COP(=O)(O)OCC(O)COP(=O)(O)OCC(COC(=O)CCCCCCCCCCCC/C=C\C/C=C\C/C=C\C/C=C\C/C=C\C/C=C\CC)OC(=O)CCCCCCC/C=C\C/C=C\C/C=C\C/C=C\C/C=C\CC. The van der Waals surface area contributed by atoms with Crippen LogP contribution in [0.15, 0.2) is 207 Å². The van der Waals surface area contributed by atoms with Crippen molar-refractivity contribution in [2.24, 2.45) is 0 Å². The minimum absolute atomic E-state index is 0.0738. The highest BCUT2D eigenvalue weighted by Gasteiger charge is 2.29. The lowest BCUT2D eigenvalue weighted by atomic mass is 10.1. The Morgan fingerprint density at radius 2 is 0.435 bits per heavy atom. The number of phosphoric ester groups is 2. The summed E-state index contributed by atoms with van der Waals surface area (Å²) < 4.78 is 61.4. The van der Waals surface area contributed by atoms with Crippen molar-refractivity contribution < 1.29 is 75.8 Å². The second-order valence-electron chi connectivity index (χ2n) is 28.9. The van der Waals surface area contributed by atoms with Gasteiger partial charge in [0, 0.05) is 19.3 Å². The fraction of sp³-hybridized carbons (Fsp3) is 0.619. The molecule has 0 aliphatic carbocycles. The fourth-order valence-corrected chi connectivity index (χ4v) is 13.0. The Labute approximate surface area is 699 Å². The molecule has 115 heavy (non-hydrogen) atoms. The van der Waals surface area contributed by atoms with Gasteiger partial charge in [-0.2, -0.15) is 0 Å². The first kappa shape index (κ1) is 109. The van der Waals surface area contributed by atoms with Gasteiger partial charge in [0.1, 0.15) is 25.4 Å². The average molecular weight is 1640 g/mol. The van der Waals surface area contributed by atoms with Crippen molar-refractivity contribution in [3.63, 3.8) is 0 Å². The molecule has 0 aliphatic heterocycles. The number of aliphatic hydroxyl groups is 2. The second kappa shape index (κ2) is 87.4. The van der Waals surface area contributed by atoms with E-state index in [-0.39, 0.29) is 19.3 Å². The Bertz CT molecular complexity index is 2920. The van der Waals surface area contributed by atoms with Crippen LogP contribution in [0.2, 0.25) is 0 Å². The minimum Gasteiger partial charge on any atom is -0.463 e. The van der Waals surface area contributed by atoms with Crippen molar-refractivity contribution in [2.75, 3.05) is 39.6 Å². The average Bonchev–Trinajstić information content (AvgIpc) is 0.901. The van der Waals surface area contributed by atoms with E-state index in [0.717, 1.165) is 205 Å². The fourth-order valence-electron chi connectivity index (χ4n) is 11.4. The van der Waals surface area contributed by atoms with E-state index in [1.165, 1.54) is 64.2 Å². The van der Waals surface area contributed by atoms with Crippen LogP contribution in [-0.4, -0.2) is 95.9 Å². The predicted octanol–water partition coefficient (Wildman–Crippen LogP) is 27.2. The molecular weight excluding hydrogens is 1480 g/mol. The molecule has 652 valence electrons. The zero-order chi connectivity index (χ0) is 83.6. The van der Waals surface area contributed by atoms with Crippen LogP contribution in [0.3, 0.4) is 0 Å². The Balaban J connectivity index is 4.68. The van der Waals surface area contributed by atoms with Crippen molar-refractivity contribution in [3.05, 3.63) is 207 Å². The van der Waals surface area contributed by atoms with Crippen molar-refractivity contribution in [2.45, 2.75) is 347 Å². The standard InChI is InChI=1S/C97H158O16P2/c1-4-7-10-13-16-19-22-25-28-31-34-37-39-41-43-45-47-49-51-54-56-59-62-65-68-71-74-77-80-83-95(100)107-86-92(98)87-109-114(103,104)110-88-93(99)89-111-115(105,106)112-91-94(113-97(102)85-82-79-76-73-70-67-64-61-58-53-36-33-30-27-24-21-18-15-12-9-6-3)90-108-96(101)84-81-78-75-72-69-66-63-60-57-55-52-50-48-46-44-42-40-38-35-32-29-26-23-20-17-14-11-8-5-2/h7-12,16-21,25-30,34-38,41-44,47-50,53,61,64,92-94,98-99H,4-6,13-15,22-24,31-33,39-40,45-46,51-52,54-60,62-63,65-91H2,1-3H3,(H,103,104)(H,105,106)/b10-7-,11-8-,12-9-,19-16-,20-17-,21-18-,28-25-,29-26-,30-27-,37-34-,38-35-,43-41-,44-42-,49-47-,50-48-,53-36-,64-61-. The van der Waals surface area contributed by atoms with E-state index < -0.39 is 91.5 Å². The quantitative estimate of drug-likeness (QED) is 0.0146. The smallest absolute Gasteiger partial charge is 0.463 e. The van der Waals surface area contributed by atoms with E-state index in [0.29, 0.717) is 19.3 Å². The molecule has 0 aromatic heterocycles. The molecule has 0 aromatic carbocycles. The van der Waals surface area contributed by atoms with Gasteiger partial charge in [-0.15, -0.1) is 0 Å². The number of carbonyl (C=O) groups is 3. The summed E-state index contributed by atoms with van der Waals surface area (Å²) in [5.41, 5.74) is 0. The van der Waals surface area contributed by atoms with Gasteiger partial charge in [0.25, 0.3) is 0 Å². The van der Waals surface area contributed by atoms with Crippen LogP contribution >= 0.6 is 15.6 Å². The number of rotatable bonds is 82. The molecule has 0 heterocycles. The molecule has 0 spiro atoms. The summed E-state index contributed by atoms with van der Waals surface area (Å²) in [5, 5.41) is 20.7. The summed E-state index contributed by atoms with van der Waals surface area (Å²) in [4.78, 5) is 59.0. The Morgan fingerprint density at radius 1 is 0.243 bits per heavy atom. The highest BCUT2D eigenvalue weighted by atomic mass is 31.2. The zero-order valence-electron chi connectivity index (χ0n) is 71.6. The van der Waals surface area contributed by atoms with Gasteiger partial charge in [0.15, 0.2) is 6.10 Å². The van der Waals surface area contributed by atoms with Crippen molar-refractivity contribution in [3.8, 4) is 0 Å². The lowest BCUT2D eigenvalue weighted by Gasteiger charge is -2.21. The summed E-state index contributed by atoms with van der Waals surface area (Å²) in [6.45, 7) is 2.31. The highest BCUT2D eigenvalue weighted by Crippen LogP contribution is 2.45. The third kappa shape index (κ3) is 88.8. The summed E-state index contributed by atoms with van der Waals surface area (Å²) in [6.07, 6.45) is 117. The Hall–Kier alpha value is -5.87. The van der Waals surface area contributed by atoms with E-state index in [1.807, 2.05) is 0 Å². The van der Waals surface area contributed by atoms with Crippen LogP contribution < -0.4 is 0 Å². The van der Waals surface area contributed by atoms with Gasteiger partial charge in [0.05, 0.1) is 26.4 Å². The molecular formula is C97H158O16P2. The normalized spacial score (nSPS) is 14.8. The molecule has 0 amide bonds. The number of hydrogen-bond donors (Lipinski definition) is 4. The topological polar surface area (TPSA) is 231 Å². The number of allylic oxidation sites excluding steroid dienone is 34. The molecule has 16 nitrogen and oxygen atoms in total. The molecule has 0 bridgehead atoms. The van der Waals surface area contributed by atoms with Crippen LogP contribution in [0.1, 0.15) is 329 Å². The van der Waals surface area contributed by atoms with Crippen LogP contribution in [0.4, 0.5) is 0 Å². The third-order valence-electron chi connectivity index (χ3n) is 18.0. The van der Waals surface area contributed by atoms with Crippen LogP contribution in [-0.2, 0) is 55.8 Å². The Kier molecular flexibility index (Phi) is 83.0. The van der Waals surface area contributed by atoms with E-state index in [4.69, 9.17) is 32.3 Å². The van der Waals surface area contributed by atoms with E-state index in [1.54, 1.807) is 0 Å². The summed E-state index contributed by atoms with van der Waals surface area (Å²) in [7, 11) is -9.83. The molecule has 0 radical (unpaired) electrons. The van der Waals surface area contributed by atoms with Gasteiger partial charge in [0.2, 0.25) is 0 Å². The maximum Gasteiger partial charge on any atom is 0.472 e. The number of phosphoric acid groups is 2. The van der Waals surface area contributed by atoms with Gasteiger partial charge in [-0.1, -0.05) is 349 Å². The lowest BCUT2D eigenvalue weighted by Crippen LogP contribution is -2.30. The molecule has 0 fully saturated rings. The molecule has 0 saturated carbocycles. The first-order chi connectivity index (χ1) is 56.2. The molecule has 4 N–H and O–H groups in total. The third-order valence-corrected chi connectivity index (χ3v) is 19.9. The number of unbranched alkanes of at least 4 members (excludes halogenated alkanes) is 25. The molecule has 0 saturated heterocycles. The zero-order valence-corrected chi connectivity index (χ0v) is 73.4. The summed E-state index contributed by atoms with van der Waals surface area (Å²) >= 11 is 0. The maximum atomic E-state index is 13.1. The van der Waals surface area contributed by atoms with Crippen LogP contribution in [0.5, 0.6) is 0 Å². The van der Waals surface area contributed by atoms with Gasteiger partial charge >= 0.3 is 33.6 Å². The number of esters is 3. The van der Waals surface area contributed by atoms with Crippen molar-refractivity contribution in [1.29, 1.82) is 0 Å². The number of carbonyl (C=O) groups excluding carboxylic acids is 3. The molecule has 0 aromatic rings. The minimum atomic E-state index is -4.95. The van der Waals surface area contributed by atoms with Crippen molar-refractivity contribution in [1.82, 2.24) is 0 Å². The van der Waals surface area contributed by atoms with E-state index in [2.05, 4.69) is 227 Å². The first-order valence-corrected chi connectivity index (χ1v) is 47.4. The number of hydrogen-bond acceptors (Lipinski definition) is 14. The first-order valence-electron chi connectivity index (χ1n) is 44.4. The summed E-state index contributed by atoms with van der Waals surface area (Å²) in [6, 6.07) is 0. The largest absolute Gasteiger partial charge is 0.472 e. The molecule has 5 atom stereocenters. The second-order valence-corrected chi connectivity index (χ2v) is 31.8. The van der Waals surface area contributed by atoms with Gasteiger partial charge in [-0.3, -0.25) is 32.5 Å². The number of aliphatic hydroxyl groups excluding tert-OH is 2. The maximum absolute atomic E-state index is 13.1. The lowest BCUT2D eigenvalue weighted by molar-refractivity contribution is -0.161. The number of ether oxygens (including phenoxy) is 3. The predicted molar refractivity (Wildman–Crippen MR) is 481 cm³/mol. The molecule has 0 aliphatic rings. The van der Waals surface area contributed by atoms with E-state index >= 15 is 0 Å².